The van der Waals surface area contributed by atoms with E-state index in [0.717, 1.165) is 67.3 Å². The Balaban J connectivity index is 1.33. The molecule has 0 radical (unpaired) electrons. The lowest BCUT2D eigenvalue weighted by molar-refractivity contribution is 0.0751. The van der Waals surface area contributed by atoms with E-state index in [1.54, 1.807) is 0 Å². The van der Waals surface area contributed by atoms with Gasteiger partial charge in [0, 0.05) is 39.3 Å². The predicted molar refractivity (Wildman–Crippen MR) is 110 cm³/mol. The van der Waals surface area contributed by atoms with Crippen LogP contribution in [0.4, 0.5) is 11.6 Å². The normalized spacial score (nSPS) is 18.8. The number of thiophene rings is 1. The van der Waals surface area contributed by atoms with Crippen molar-refractivity contribution < 1.29 is 4.79 Å². The molecule has 6 nitrogen and oxygen atoms in total. The molecule has 0 saturated carbocycles. The van der Waals surface area contributed by atoms with Crippen molar-refractivity contribution in [1.82, 2.24) is 15.1 Å². The summed E-state index contributed by atoms with van der Waals surface area (Å²) in [7, 11) is 0. The van der Waals surface area contributed by atoms with Gasteiger partial charge in [0.2, 0.25) is 0 Å². The van der Waals surface area contributed by atoms with Crippen molar-refractivity contribution in [1.29, 1.82) is 0 Å². The quantitative estimate of drug-likeness (QED) is 0.813. The van der Waals surface area contributed by atoms with Crippen LogP contribution >= 0.6 is 11.3 Å². The lowest BCUT2D eigenvalue weighted by Gasteiger charge is -2.35. The fraction of sp³-hybridized carbons (Fsp3) is 0.550. The number of hydrogen-bond donors (Lipinski definition) is 0. The van der Waals surface area contributed by atoms with E-state index in [1.807, 2.05) is 23.3 Å². The Bertz CT molecular complexity index is 774. The summed E-state index contributed by atoms with van der Waals surface area (Å²) in [6.07, 6.45) is 2.45. The number of amides is 1. The lowest BCUT2D eigenvalue weighted by atomic mass is 9.99. The number of nitrogens with zero attached hydrogens (tertiary/aromatic N) is 5. The van der Waals surface area contributed by atoms with Crippen LogP contribution in [-0.4, -0.2) is 60.3 Å². The maximum atomic E-state index is 12.6. The van der Waals surface area contributed by atoms with Gasteiger partial charge in [0.15, 0.2) is 11.6 Å². The van der Waals surface area contributed by atoms with Crippen molar-refractivity contribution in [3.63, 3.8) is 0 Å². The topological polar surface area (TPSA) is 52.6 Å². The van der Waals surface area contributed by atoms with Gasteiger partial charge in [-0.15, -0.1) is 21.5 Å². The van der Waals surface area contributed by atoms with Gasteiger partial charge in [0.1, 0.15) is 0 Å². The van der Waals surface area contributed by atoms with Gasteiger partial charge in [-0.2, -0.15) is 0 Å². The van der Waals surface area contributed by atoms with Crippen LogP contribution in [0.25, 0.3) is 0 Å². The summed E-state index contributed by atoms with van der Waals surface area (Å²) in [4.78, 5) is 19.9. The molecule has 2 saturated heterocycles. The Labute approximate surface area is 164 Å². The standard InChI is InChI=1S/C20H27N5OS/c1-15-5-7-23(8-6-15)18-3-4-19(22-21-18)24-9-11-25(12-10-24)20(26)17-13-16(2)14-27-17/h3-4,13-15H,5-12H2,1-2H3. The summed E-state index contributed by atoms with van der Waals surface area (Å²) < 4.78 is 0. The number of hydrogen-bond acceptors (Lipinski definition) is 6. The number of carbonyl (C=O) groups excluding carboxylic acids is 1. The van der Waals surface area contributed by atoms with Crippen LogP contribution in [0.3, 0.4) is 0 Å². The molecule has 2 aliphatic rings. The molecule has 27 heavy (non-hydrogen) atoms. The second-order valence-electron chi connectivity index (χ2n) is 7.69. The molecule has 0 spiro atoms. The minimum Gasteiger partial charge on any atom is -0.355 e. The first-order valence-corrected chi connectivity index (χ1v) is 10.7. The first kappa shape index (κ1) is 18.2. The summed E-state index contributed by atoms with van der Waals surface area (Å²) in [5.41, 5.74) is 1.15. The molecule has 2 fully saturated rings. The maximum absolute atomic E-state index is 12.6. The molecule has 0 bridgehead atoms. The molecule has 7 heteroatoms. The Morgan fingerprint density at radius 1 is 1.00 bits per heavy atom. The number of piperidine rings is 1. The highest BCUT2D eigenvalue weighted by molar-refractivity contribution is 7.12. The van der Waals surface area contributed by atoms with Gasteiger partial charge in [-0.1, -0.05) is 6.92 Å². The van der Waals surface area contributed by atoms with Crippen LogP contribution in [0.2, 0.25) is 0 Å². The van der Waals surface area contributed by atoms with Crippen molar-refractivity contribution >= 4 is 28.9 Å². The zero-order chi connectivity index (χ0) is 18.8. The summed E-state index contributed by atoms with van der Waals surface area (Å²) in [6, 6.07) is 6.13. The molecule has 4 heterocycles. The third kappa shape index (κ3) is 4.08. The molecule has 2 aromatic heterocycles. The molecule has 4 rings (SSSR count). The average Bonchev–Trinajstić information content (AvgIpc) is 3.15. The Morgan fingerprint density at radius 2 is 1.59 bits per heavy atom. The molecule has 0 unspecified atom stereocenters. The van der Waals surface area contributed by atoms with Crippen LogP contribution in [0.1, 0.15) is 35.0 Å². The van der Waals surface area contributed by atoms with Gasteiger partial charge >= 0.3 is 0 Å². The molecule has 0 N–H and O–H groups in total. The fourth-order valence-corrected chi connectivity index (χ4v) is 4.60. The molecule has 0 atom stereocenters. The molecule has 2 aliphatic heterocycles. The summed E-state index contributed by atoms with van der Waals surface area (Å²) in [5, 5.41) is 11.0. The van der Waals surface area contributed by atoms with Crippen molar-refractivity contribution in [2.24, 2.45) is 5.92 Å². The first-order valence-electron chi connectivity index (χ1n) is 9.78. The van der Waals surface area contributed by atoms with E-state index in [2.05, 4.69) is 39.1 Å². The Hall–Kier alpha value is -2.15. The van der Waals surface area contributed by atoms with Crippen LogP contribution in [0, 0.1) is 12.8 Å². The number of anilines is 2. The SMILES string of the molecule is Cc1csc(C(=O)N2CCN(c3ccc(N4CCC(C)CC4)nn3)CC2)c1. The molecule has 144 valence electrons. The molecular formula is C20H27N5OS. The number of carbonyl (C=O) groups is 1. The highest BCUT2D eigenvalue weighted by atomic mass is 32.1. The van der Waals surface area contributed by atoms with Crippen molar-refractivity contribution in [3.05, 3.63) is 34.0 Å². The van der Waals surface area contributed by atoms with Gasteiger partial charge in [0.05, 0.1) is 4.88 Å². The first-order chi connectivity index (χ1) is 13.1. The van der Waals surface area contributed by atoms with E-state index >= 15 is 0 Å². The number of piperazine rings is 1. The lowest BCUT2D eigenvalue weighted by Crippen LogP contribution is -2.49. The zero-order valence-electron chi connectivity index (χ0n) is 16.1. The van der Waals surface area contributed by atoms with E-state index in [9.17, 15) is 4.79 Å². The van der Waals surface area contributed by atoms with Gasteiger partial charge in [-0.25, -0.2) is 0 Å². The van der Waals surface area contributed by atoms with E-state index in [0.29, 0.717) is 0 Å². The van der Waals surface area contributed by atoms with Crippen LogP contribution in [0.15, 0.2) is 23.6 Å². The van der Waals surface area contributed by atoms with E-state index in [-0.39, 0.29) is 5.91 Å². The zero-order valence-corrected chi connectivity index (χ0v) is 16.9. The summed E-state index contributed by atoms with van der Waals surface area (Å²) in [5.74, 6) is 2.84. The van der Waals surface area contributed by atoms with Gasteiger partial charge < -0.3 is 14.7 Å². The van der Waals surface area contributed by atoms with Crippen molar-refractivity contribution in [2.75, 3.05) is 49.1 Å². The van der Waals surface area contributed by atoms with Crippen molar-refractivity contribution in [3.8, 4) is 0 Å². The number of aromatic nitrogens is 2. The Morgan fingerprint density at radius 3 is 2.11 bits per heavy atom. The molecule has 0 aliphatic carbocycles. The number of rotatable bonds is 3. The predicted octanol–water partition coefficient (Wildman–Crippen LogP) is 3.05. The van der Waals surface area contributed by atoms with Crippen LogP contribution in [0.5, 0.6) is 0 Å². The molecular weight excluding hydrogens is 358 g/mol. The molecule has 1 amide bonds. The Kier molecular flexibility index (Phi) is 5.29. The number of aryl methyl sites for hydroxylation is 1. The summed E-state index contributed by atoms with van der Waals surface area (Å²) >= 11 is 1.53. The van der Waals surface area contributed by atoms with E-state index in [1.165, 1.54) is 24.2 Å². The van der Waals surface area contributed by atoms with Crippen LogP contribution < -0.4 is 9.80 Å². The highest BCUT2D eigenvalue weighted by Gasteiger charge is 2.24. The minimum absolute atomic E-state index is 0.147. The molecule has 2 aromatic rings. The van der Waals surface area contributed by atoms with Gasteiger partial charge in [-0.3, -0.25) is 4.79 Å². The van der Waals surface area contributed by atoms with E-state index < -0.39 is 0 Å². The maximum Gasteiger partial charge on any atom is 0.264 e. The average molecular weight is 386 g/mol. The fourth-order valence-electron chi connectivity index (χ4n) is 3.73. The monoisotopic (exact) mass is 385 g/mol. The highest BCUT2D eigenvalue weighted by Crippen LogP contribution is 2.23. The van der Waals surface area contributed by atoms with Gasteiger partial charge in [-0.05, 0) is 54.8 Å². The summed E-state index contributed by atoms with van der Waals surface area (Å²) in [6.45, 7) is 9.52. The third-order valence-corrected chi connectivity index (χ3v) is 6.61. The third-order valence-electron chi connectivity index (χ3n) is 5.58. The second-order valence-corrected chi connectivity index (χ2v) is 8.60. The van der Waals surface area contributed by atoms with Crippen molar-refractivity contribution in [2.45, 2.75) is 26.7 Å². The largest absolute Gasteiger partial charge is 0.355 e. The van der Waals surface area contributed by atoms with E-state index in [4.69, 9.17) is 0 Å². The second kappa shape index (κ2) is 7.84. The smallest absolute Gasteiger partial charge is 0.264 e. The van der Waals surface area contributed by atoms with Crippen LogP contribution in [-0.2, 0) is 0 Å². The van der Waals surface area contributed by atoms with Gasteiger partial charge in [0.25, 0.3) is 5.91 Å². The molecule has 0 aromatic carbocycles. The minimum atomic E-state index is 0.147.